The normalized spacial score (nSPS) is 11.1. The number of nitrogens with one attached hydrogen (secondary N) is 1. The smallest absolute Gasteiger partial charge is 0.262 e. The number of hydrogen-bond acceptors (Lipinski definition) is 2. The topological polar surface area (TPSA) is 45.8 Å². The van der Waals surface area contributed by atoms with Gasteiger partial charge < -0.3 is 0 Å². The van der Waals surface area contributed by atoms with Gasteiger partial charge in [-0.15, -0.1) is 0 Å². The summed E-state index contributed by atoms with van der Waals surface area (Å²) in [5.74, 6) is -1.98. The van der Waals surface area contributed by atoms with E-state index in [0.29, 0.717) is 0 Å². The molecule has 0 bridgehead atoms. The summed E-state index contributed by atoms with van der Waals surface area (Å²) in [6.45, 7) is 0. The Morgan fingerprint density at radius 2 is 1.88 bits per heavy atom. The fourth-order valence-electron chi connectivity index (χ4n) is 1.21. The van der Waals surface area contributed by atoms with E-state index in [9.17, 15) is 13.6 Å². The molecule has 0 unspecified atom stereocenters. The van der Waals surface area contributed by atoms with E-state index in [-0.39, 0.29) is 9.76 Å². The third-order valence-electron chi connectivity index (χ3n) is 1.90. The Balaban J connectivity index is 3.15. The number of fused-ring (bicyclic) bond motifs is 1. The maximum atomic E-state index is 13.6. The van der Waals surface area contributed by atoms with Crippen molar-refractivity contribution < 1.29 is 8.78 Å². The molecule has 0 spiro atoms. The lowest BCUT2D eigenvalue weighted by Crippen LogP contribution is -2.11. The van der Waals surface area contributed by atoms with E-state index in [4.69, 9.17) is 23.2 Å². The first-order chi connectivity index (χ1) is 7.43. The van der Waals surface area contributed by atoms with Crippen LogP contribution in [0.2, 0.25) is 10.3 Å². The molecule has 0 saturated heterocycles. The van der Waals surface area contributed by atoms with E-state index >= 15 is 0 Å². The van der Waals surface area contributed by atoms with Gasteiger partial charge in [-0.1, -0.05) is 11.6 Å². The number of H-pyrrole nitrogens is 1. The van der Waals surface area contributed by atoms with E-state index in [1.807, 2.05) is 4.98 Å². The maximum Gasteiger partial charge on any atom is 0.262 e. The molecule has 0 amide bonds. The summed E-state index contributed by atoms with van der Waals surface area (Å²) in [4.78, 5) is 16.9. The standard InChI is InChI=1S/C8HBrCl2F2N2O/c9-2-3(10)4(12)1-6(5(2)13)14-8(11)15-7(1)16/h(H,14,15,16). The summed E-state index contributed by atoms with van der Waals surface area (Å²) < 4.78 is 26.9. The highest BCUT2D eigenvalue weighted by molar-refractivity contribution is 9.10. The monoisotopic (exact) mass is 328 g/mol. The highest BCUT2D eigenvalue weighted by atomic mass is 79.9. The molecule has 16 heavy (non-hydrogen) atoms. The van der Waals surface area contributed by atoms with Crippen molar-refractivity contribution in [2.45, 2.75) is 0 Å². The summed E-state index contributed by atoms with van der Waals surface area (Å²) in [6.07, 6.45) is 0. The number of halogens is 5. The van der Waals surface area contributed by atoms with Crippen molar-refractivity contribution in [1.29, 1.82) is 0 Å². The first kappa shape index (κ1) is 11.8. The highest BCUT2D eigenvalue weighted by Gasteiger charge is 2.20. The number of benzene rings is 1. The van der Waals surface area contributed by atoms with Gasteiger partial charge in [0.05, 0.1) is 9.50 Å². The van der Waals surface area contributed by atoms with Crippen LogP contribution in [0, 0.1) is 11.6 Å². The van der Waals surface area contributed by atoms with Crippen LogP contribution in [0.3, 0.4) is 0 Å². The van der Waals surface area contributed by atoms with Gasteiger partial charge in [0, 0.05) is 0 Å². The molecule has 0 saturated carbocycles. The van der Waals surface area contributed by atoms with Crippen molar-refractivity contribution in [3.63, 3.8) is 0 Å². The van der Waals surface area contributed by atoms with Gasteiger partial charge in [0.15, 0.2) is 11.6 Å². The Labute approximate surface area is 106 Å². The molecule has 2 aromatic rings. The first-order valence-electron chi connectivity index (χ1n) is 3.85. The van der Waals surface area contributed by atoms with Crippen LogP contribution in [-0.2, 0) is 0 Å². The maximum absolute atomic E-state index is 13.6. The molecule has 0 atom stereocenters. The van der Waals surface area contributed by atoms with Crippen LogP contribution in [0.5, 0.6) is 0 Å². The minimum absolute atomic E-state index is 0.298. The lowest BCUT2D eigenvalue weighted by atomic mass is 10.2. The van der Waals surface area contributed by atoms with Gasteiger partial charge in [0.1, 0.15) is 10.9 Å². The zero-order valence-electron chi connectivity index (χ0n) is 7.25. The SMILES string of the molecule is O=c1[nH]c(Cl)nc2c(F)c(Br)c(Cl)c(F)c12. The van der Waals surface area contributed by atoms with E-state index in [1.165, 1.54) is 0 Å². The van der Waals surface area contributed by atoms with Crippen LogP contribution in [0.25, 0.3) is 10.9 Å². The number of aromatic nitrogens is 2. The van der Waals surface area contributed by atoms with Gasteiger partial charge in [-0.2, -0.15) is 0 Å². The third-order valence-corrected chi connectivity index (χ3v) is 3.40. The molecule has 8 heteroatoms. The van der Waals surface area contributed by atoms with Crippen LogP contribution in [0.1, 0.15) is 0 Å². The molecule has 0 aliphatic rings. The van der Waals surface area contributed by atoms with Crippen molar-refractivity contribution in [2.24, 2.45) is 0 Å². The molecule has 0 aliphatic heterocycles. The van der Waals surface area contributed by atoms with Crippen molar-refractivity contribution in [3.05, 3.63) is 36.8 Å². The third kappa shape index (κ3) is 1.61. The Hall–Kier alpha value is -0.720. The van der Waals surface area contributed by atoms with E-state index in [1.54, 1.807) is 0 Å². The molecule has 2 rings (SSSR count). The Morgan fingerprint density at radius 1 is 1.25 bits per heavy atom. The van der Waals surface area contributed by atoms with Gasteiger partial charge in [-0.05, 0) is 27.5 Å². The van der Waals surface area contributed by atoms with Crippen molar-refractivity contribution in [2.75, 3.05) is 0 Å². The fourth-order valence-corrected chi connectivity index (χ4v) is 1.92. The average molecular weight is 330 g/mol. The molecular formula is C8HBrCl2F2N2O. The molecule has 1 heterocycles. The fraction of sp³-hybridized carbons (Fsp3) is 0. The minimum Gasteiger partial charge on any atom is -0.297 e. The molecule has 0 fully saturated rings. The summed E-state index contributed by atoms with van der Waals surface area (Å²) in [5, 5.41) is -1.40. The van der Waals surface area contributed by atoms with Crippen molar-refractivity contribution in [1.82, 2.24) is 9.97 Å². The Bertz CT molecular complexity index is 659. The van der Waals surface area contributed by atoms with Gasteiger partial charge in [0.2, 0.25) is 5.28 Å². The second kappa shape index (κ2) is 3.94. The largest absolute Gasteiger partial charge is 0.297 e. The molecular weight excluding hydrogens is 329 g/mol. The number of rotatable bonds is 0. The van der Waals surface area contributed by atoms with Gasteiger partial charge in [-0.25, -0.2) is 13.8 Å². The van der Waals surface area contributed by atoms with Crippen LogP contribution >= 0.6 is 39.1 Å². The average Bonchev–Trinajstić information content (AvgIpc) is 2.22. The van der Waals surface area contributed by atoms with Crippen LogP contribution in [-0.4, -0.2) is 9.97 Å². The van der Waals surface area contributed by atoms with Crippen molar-refractivity contribution in [3.8, 4) is 0 Å². The summed E-state index contributed by atoms with van der Waals surface area (Å²) in [7, 11) is 0. The summed E-state index contributed by atoms with van der Waals surface area (Å²) in [6, 6.07) is 0. The van der Waals surface area contributed by atoms with E-state index in [2.05, 4.69) is 20.9 Å². The van der Waals surface area contributed by atoms with Gasteiger partial charge in [0.25, 0.3) is 5.56 Å². The quantitative estimate of drug-likeness (QED) is 0.458. The predicted molar refractivity (Wildman–Crippen MR) is 60.0 cm³/mol. The predicted octanol–water partition coefficient (Wildman–Crippen LogP) is 3.27. The lowest BCUT2D eigenvalue weighted by molar-refractivity contribution is 0.608. The number of nitrogens with zero attached hydrogens (tertiary/aromatic N) is 1. The number of aromatic amines is 1. The lowest BCUT2D eigenvalue weighted by Gasteiger charge is -2.04. The Kier molecular flexibility index (Phi) is 2.90. The highest BCUT2D eigenvalue weighted by Crippen LogP contribution is 2.33. The number of hydrogen-bond donors (Lipinski definition) is 1. The molecule has 1 N–H and O–H groups in total. The van der Waals surface area contributed by atoms with Crippen LogP contribution in [0.15, 0.2) is 9.27 Å². The van der Waals surface area contributed by atoms with Gasteiger partial charge in [-0.3, -0.25) is 9.78 Å². The second-order valence-electron chi connectivity index (χ2n) is 2.84. The Morgan fingerprint density at radius 3 is 2.50 bits per heavy atom. The molecule has 84 valence electrons. The van der Waals surface area contributed by atoms with E-state index < -0.39 is 33.1 Å². The summed E-state index contributed by atoms with van der Waals surface area (Å²) >= 11 is 13.7. The molecule has 3 nitrogen and oxygen atoms in total. The molecule has 0 aliphatic carbocycles. The van der Waals surface area contributed by atoms with Gasteiger partial charge >= 0.3 is 0 Å². The van der Waals surface area contributed by atoms with E-state index in [0.717, 1.165) is 0 Å². The molecule has 1 aromatic heterocycles. The second-order valence-corrected chi connectivity index (χ2v) is 4.37. The van der Waals surface area contributed by atoms with Crippen LogP contribution < -0.4 is 5.56 Å². The summed E-state index contributed by atoms with van der Waals surface area (Å²) in [5.41, 5.74) is -1.36. The van der Waals surface area contributed by atoms with Crippen molar-refractivity contribution >= 4 is 50.0 Å². The first-order valence-corrected chi connectivity index (χ1v) is 5.40. The van der Waals surface area contributed by atoms with Crippen LogP contribution in [0.4, 0.5) is 8.78 Å². The minimum atomic E-state index is -1.05. The molecule has 0 radical (unpaired) electrons. The zero-order chi connectivity index (χ0) is 12.0. The zero-order valence-corrected chi connectivity index (χ0v) is 10.3. The molecule has 1 aromatic carbocycles.